The largest absolute Gasteiger partial charge is 0.446 e. The number of hydrogen-bond acceptors (Lipinski definition) is 3. The maximum absolute atomic E-state index is 15.0. The zero-order valence-electron chi connectivity index (χ0n) is 14.0. The first kappa shape index (κ1) is 18.6. The topological polar surface area (TPSA) is 111 Å². The minimum absolute atomic E-state index is 0.150. The standard InChI is InChI=1S/C17H18BrF2N3O3/c1-6-12(18)10-9(7-3-2-4-8(5-7)26-17(22)25)13(19)14(20)11(16(21)24)15(10)23-6/h7-8,23H,2-5H2,1H3,(H2,21,24)(H2,22,25). The smallest absolute Gasteiger partial charge is 0.404 e. The van der Waals surface area contributed by atoms with Crippen LogP contribution in [0.4, 0.5) is 13.6 Å². The maximum Gasteiger partial charge on any atom is 0.404 e. The fraction of sp³-hybridized carbons (Fsp3) is 0.412. The Morgan fingerprint density at radius 1 is 1.23 bits per heavy atom. The van der Waals surface area contributed by atoms with E-state index < -0.39 is 41.2 Å². The molecule has 0 bridgehead atoms. The van der Waals surface area contributed by atoms with E-state index in [-0.39, 0.29) is 11.1 Å². The molecule has 1 aromatic carbocycles. The third-order valence-corrected chi connectivity index (χ3v) is 5.83. The van der Waals surface area contributed by atoms with Gasteiger partial charge in [0.25, 0.3) is 5.91 Å². The zero-order valence-corrected chi connectivity index (χ0v) is 15.6. The summed E-state index contributed by atoms with van der Waals surface area (Å²) < 4.78 is 35.2. The molecule has 2 unspecified atom stereocenters. The van der Waals surface area contributed by atoms with Gasteiger partial charge in [-0.25, -0.2) is 13.6 Å². The predicted octanol–water partition coefficient (Wildman–Crippen LogP) is 3.74. The second-order valence-corrected chi connectivity index (χ2v) is 7.31. The van der Waals surface area contributed by atoms with Gasteiger partial charge in [0.05, 0.1) is 5.52 Å². The highest BCUT2D eigenvalue weighted by atomic mass is 79.9. The summed E-state index contributed by atoms with van der Waals surface area (Å²) in [5.41, 5.74) is 10.8. The van der Waals surface area contributed by atoms with E-state index >= 15 is 0 Å². The second-order valence-electron chi connectivity index (χ2n) is 6.52. The molecule has 2 atom stereocenters. The summed E-state index contributed by atoms with van der Waals surface area (Å²) in [5.74, 6) is -3.81. The molecule has 1 aromatic heterocycles. The molecule has 26 heavy (non-hydrogen) atoms. The van der Waals surface area contributed by atoms with Gasteiger partial charge in [0.15, 0.2) is 11.6 Å². The number of aromatic amines is 1. The number of hydrogen-bond donors (Lipinski definition) is 3. The van der Waals surface area contributed by atoms with Gasteiger partial charge in [-0.1, -0.05) is 0 Å². The number of benzene rings is 1. The van der Waals surface area contributed by atoms with Crippen molar-refractivity contribution in [1.82, 2.24) is 4.98 Å². The minimum atomic E-state index is -1.27. The number of aryl methyl sites for hydroxylation is 1. The van der Waals surface area contributed by atoms with Gasteiger partial charge >= 0.3 is 6.09 Å². The number of halogens is 3. The Kier molecular flexibility index (Phi) is 4.92. The molecule has 6 nitrogen and oxygen atoms in total. The van der Waals surface area contributed by atoms with Crippen LogP contribution in [-0.2, 0) is 4.74 Å². The third kappa shape index (κ3) is 3.04. The number of ether oxygens (including phenoxy) is 1. The number of aromatic nitrogens is 1. The Balaban J connectivity index is 2.20. The predicted molar refractivity (Wildman–Crippen MR) is 94.8 cm³/mol. The van der Waals surface area contributed by atoms with Crippen LogP contribution in [-0.4, -0.2) is 23.1 Å². The molecular formula is C17H18BrF2N3O3. The van der Waals surface area contributed by atoms with Crippen LogP contribution in [0.25, 0.3) is 10.9 Å². The first-order chi connectivity index (χ1) is 12.2. The molecular weight excluding hydrogens is 412 g/mol. The summed E-state index contributed by atoms with van der Waals surface area (Å²) in [7, 11) is 0. The van der Waals surface area contributed by atoms with Crippen molar-refractivity contribution in [3.8, 4) is 0 Å². The van der Waals surface area contributed by atoms with Crippen molar-refractivity contribution in [3.63, 3.8) is 0 Å². The van der Waals surface area contributed by atoms with E-state index in [1.165, 1.54) is 0 Å². The van der Waals surface area contributed by atoms with E-state index in [4.69, 9.17) is 16.2 Å². The highest BCUT2D eigenvalue weighted by molar-refractivity contribution is 9.10. The molecule has 9 heteroatoms. The van der Waals surface area contributed by atoms with Crippen LogP contribution in [0.5, 0.6) is 0 Å². The summed E-state index contributed by atoms with van der Waals surface area (Å²) in [4.78, 5) is 25.6. The molecule has 0 radical (unpaired) electrons. The Morgan fingerprint density at radius 3 is 2.54 bits per heavy atom. The van der Waals surface area contributed by atoms with Crippen molar-refractivity contribution in [2.75, 3.05) is 0 Å². The van der Waals surface area contributed by atoms with Gasteiger partial charge in [-0.2, -0.15) is 0 Å². The van der Waals surface area contributed by atoms with Gasteiger partial charge in [-0.05, 0) is 54.5 Å². The van der Waals surface area contributed by atoms with Gasteiger partial charge in [-0.15, -0.1) is 0 Å². The average Bonchev–Trinajstić information content (AvgIpc) is 2.83. The van der Waals surface area contributed by atoms with E-state index in [2.05, 4.69) is 20.9 Å². The summed E-state index contributed by atoms with van der Waals surface area (Å²) >= 11 is 3.39. The van der Waals surface area contributed by atoms with Crippen molar-refractivity contribution in [1.29, 1.82) is 0 Å². The molecule has 2 aromatic rings. The van der Waals surface area contributed by atoms with E-state index in [0.29, 0.717) is 41.2 Å². The number of primary amides is 2. The molecule has 2 amide bonds. The van der Waals surface area contributed by atoms with Crippen LogP contribution < -0.4 is 11.5 Å². The van der Waals surface area contributed by atoms with Crippen molar-refractivity contribution >= 4 is 38.8 Å². The van der Waals surface area contributed by atoms with E-state index in [1.54, 1.807) is 6.92 Å². The quantitative estimate of drug-likeness (QED) is 0.690. The lowest BCUT2D eigenvalue weighted by molar-refractivity contribution is 0.0765. The lowest BCUT2D eigenvalue weighted by Crippen LogP contribution is -2.28. The molecule has 1 fully saturated rings. The molecule has 140 valence electrons. The van der Waals surface area contributed by atoms with E-state index in [1.807, 2.05) is 0 Å². The van der Waals surface area contributed by atoms with Crippen LogP contribution in [0.2, 0.25) is 0 Å². The molecule has 0 aliphatic heterocycles. The van der Waals surface area contributed by atoms with E-state index in [9.17, 15) is 18.4 Å². The van der Waals surface area contributed by atoms with E-state index in [0.717, 1.165) is 0 Å². The SMILES string of the molecule is Cc1[nH]c2c(C(N)=O)c(F)c(F)c(C3CCCC(OC(N)=O)C3)c2c1Br. The van der Waals surface area contributed by atoms with Gasteiger partial charge in [0.2, 0.25) is 0 Å². The molecule has 1 saturated carbocycles. The van der Waals surface area contributed by atoms with Gasteiger partial charge < -0.3 is 21.2 Å². The van der Waals surface area contributed by atoms with Gasteiger partial charge in [0, 0.05) is 21.1 Å². The number of fused-ring (bicyclic) bond motifs is 1. The number of nitrogens with one attached hydrogen (secondary N) is 1. The summed E-state index contributed by atoms with van der Waals surface area (Å²) in [6.45, 7) is 1.72. The Morgan fingerprint density at radius 2 is 1.92 bits per heavy atom. The van der Waals surface area contributed by atoms with Gasteiger partial charge in [-0.3, -0.25) is 4.79 Å². The Labute approximate surface area is 156 Å². The van der Waals surface area contributed by atoms with Crippen molar-refractivity contribution in [2.24, 2.45) is 11.5 Å². The van der Waals surface area contributed by atoms with Crippen molar-refractivity contribution in [3.05, 3.63) is 32.9 Å². The Bertz CT molecular complexity index is 913. The highest BCUT2D eigenvalue weighted by Gasteiger charge is 2.33. The number of amides is 2. The van der Waals surface area contributed by atoms with Crippen molar-refractivity contribution < 1.29 is 23.1 Å². The normalized spacial score (nSPS) is 20.3. The number of carbonyl (C=O) groups excluding carboxylic acids is 2. The Hall–Kier alpha value is -2.16. The van der Waals surface area contributed by atoms with Gasteiger partial charge in [0.1, 0.15) is 11.7 Å². The van der Waals surface area contributed by atoms with Crippen LogP contribution >= 0.6 is 15.9 Å². The fourth-order valence-electron chi connectivity index (χ4n) is 3.78. The molecule has 1 heterocycles. The van der Waals surface area contributed by atoms with Crippen LogP contribution in [0.3, 0.4) is 0 Å². The molecule has 5 N–H and O–H groups in total. The first-order valence-electron chi connectivity index (χ1n) is 8.16. The minimum Gasteiger partial charge on any atom is -0.446 e. The monoisotopic (exact) mass is 429 g/mol. The summed E-state index contributed by atoms with van der Waals surface area (Å²) in [6.07, 6.45) is 0.842. The number of carbonyl (C=O) groups is 2. The molecule has 0 saturated heterocycles. The zero-order chi connectivity index (χ0) is 19.2. The lowest BCUT2D eigenvalue weighted by atomic mass is 9.80. The van der Waals surface area contributed by atoms with Crippen molar-refractivity contribution in [2.45, 2.75) is 44.6 Å². The van der Waals surface area contributed by atoms with Crippen LogP contribution in [0.15, 0.2) is 4.47 Å². The molecule has 1 aliphatic carbocycles. The summed E-state index contributed by atoms with van der Waals surface area (Å²) in [6, 6.07) is 0. The number of H-pyrrole nitrogens is 1. The molecule has 0 spiro atoms. The third-order valence-electron chi connectivity index (χ3n) is 4.84. The number of nitrogens with two attached hydrogens (primary N) is 2. The van der Waals surface area contributed by atoms with Crippen LogP contribution in [0, 0.1) is 18.6 Å². The molecule has 1 aliphatic rings. The molecule has 3 rings (SSSR count). The summed E-state index contributed by atoms with van der Waals surface area (Å²) in [5, 5.41) is 0.389. The van der Waals surface area contributed by atoms with Crippen LogP contribution in [0.1, 0.15) is 53.2 Å². The second kappa shape index (κ2) is 6.86. The average molecular weight is 430 g/mol. The number of rotatable bonds is 3. The first-order valence-corrected chi connectivity index (χ1v) is 8.96. The highest BCUT2D eigenvalue weighted by Crippen LogP contribution is 2.44. The lowest BCUT2D eigenvalue weighted by Gasteiger charge is -2.29. The fourth-order valence-corrected chi connectivity index (χ4v) is 4.29. The maximum atomic E-state index is 15.0.